The van der Waals surface area contributed by atoms with Crippen LogP contribution in [0.1, 0.15) is 11.3 Å². The molecule has 2 amide bonds. The van der Waals surface area contributed by atoms with Crippen LogP contribution in [0.5, 0.6) is 0 Å². The van der Waals surface area contributed by atoms with Gasteiger partial charge in [0.15, 0.2) is 0 Å². The second kappa shape index (κ2) is 8.98. The van der Waals surface area contributed by atoms with Crippen molar-refractivity contribution in [3.05, 3.63) is 76.7 Å². The molecule has 2 heterocycles. The normalized spacial score (nSPS) is 10.7. The van der Waals surface area contributed by atoms with Gasteiger partial charge in [0.25, 0.3) is 0 Å². The minimum absolute atomic E-state index is 0.227. The summed E-state index contributed by atoms with van der Waals surface area (Å²) in [5.41, 5.74) is 5.07. The molecule has 0 aliphatic heterocycles. The Morgan fingerprint density at radius 3 is 2.69 bits per heavy atom. The van der Waals surface area contributed by atoms with Gasteiger partial charge in [-0.05, 0) is 19.1 Å². The van der Waals surface area contributed by atoms with Crippen LogP contribution in [0.25, 0.3) is 21.1 Å². The van der Waals surface area contributed by atoms with Crippen LogP contribution in [-0.2, 0) is 6.42 Å². The van der Waals surface area contributed by atoms with Crippen molar-refractivity contribution < 1.29 is 4.79 Å². The average Bonchev–Trinajstić information content (AvgIpc) is 3.41. The summed E-state index contributed by atoms with van der Waals surface area (Å²) in [5, 5.41) is 11.7. The van der Waals surface area contributed by atoms with E-state index in [2.05, 4.69) is 51.8 Å². The Balaban J connectivity index is 1.28. The number of aryl methyl sites for hydroxylation is 1. The van der Waals surface area contributed by atoms with Gasteiger partial charge in [0.05, 0.1) is 5.69 Å². The van der Waals surface area contributed by atoms with Crippen molar-refractivity contribution in [2.75, 3.05) is 11.9 Å². The first kappa shape index (κ1) is 19.3. The van der Waals surface area contributed by atoms with Gasteiger partial charge in [0.1, 0.15) is 10.0 Å². The number of aromatic nitrogens is 2. The standard InChI is InChI=1S/C22H20N4OS2/c1-15-5-7-16(8-6-15)21-25-19(14-29-21)9-10-24-22(27)26-18-4-2-3-17(13-18)20-23-11-12-28-20/h2-8,11-14H,9-10H2,1H3,(H2,24,26,27). The molecule has 2 N–H and O–H groups in total. The molecule has 2 aromatic heterocycles. The Hall–Kier alpha value is -3.03. The lowest BCUT2D eigenvalue weighted by molar-refractivity contribution is 0.252. The molecule has 0 bridgehead atoms. The molecule has 29 heavy (non-hydrogen) atoms. The summed E-state index contributed by atoms with van der Waals surface area (Å²) >= 11 is 3.20. The lowest BCUT2D eigenvalue weighted by Crippen LogP contribution is -2.30. The smallest absolute Gasteiger partial charge is 0.319 e. The van der Waals surface area contributed by atoms with Crippen molar-refractivity contribution >= 4 is 34.4 Å². The van der Waals surface area contributed by atoms with E-state index in [9.17, 15) is 4.79 Å². The molecule has 7 heteroatoms. The van der Waals surface area contributed by atoms with Gasteiger partial charge in [-0.25, -0.2) is 14.8 Å². The predicted octanol–water partition coefficient (Wildman–Crippen LogP) is 5.61. The number of amides is 2. The third-order valence-electron chi connectivity index (χ3n) is 4.32. The fraction of sp³-hybridized carbons (Fsp3) is 0.136. The predicted molar refractivity (Wildman–Crippen MR) is 121 cm³/mol. The number of anilines is 1. The number of hydrogen-bond acceptors (Lipinski definition) is 5. The van der Waals surface area contributed by atoms with Gasteiger partial charge >= 0.3 is 6.03 Å². The monoisotopic (exact) mass is 420 g/mol. The van der Waals surface area contributed by atoms with Crippen LogP contribution in [0, 0.1) is 6.92 Å². The molecule has 0 aliphatic rings. The minimum atomic E-state index is -0.227. The van der Waals surface area contributed by atoms with Crippen LogP contribution in [-0.4, -0.2) is 22.5 Å². The van der Waals surface area contributed by atoms with E-state index < -0.39 is 0 Å². The third kappa shape index (κ3) is 5.07. The van der Waals surface area contributed by atoms with Gasteiger partial charge in [0.2, 0.25) is 0 Å². The maximum Gasteiger partial charge on any atom is 0.319 e. The van der Waals surface area contributed by atoms with Gasteiger partial charge in [-0.15, -0.1) is 22.7 Å². The maximum atomic E-state index is 12.2. The summed E-state index contributed by atoms with van der Waals surface area (Å²) in [7, 11) is 0. The Morgan fingerprint density at radius 1 is 1.03 bits per heavy atom. The van der Waals surface area contributed by atoms with Crippen LogP contribution in [0.15, 0.2) is 65.5 Å². The Bertz CT molecular complexity index is 1090. The number of rotatable bonds is 6. The largest absolute Gasteiger partial charge is 0.337 e. The van der Waals surface area contributed by atoms with Crippen LogP contribution < -0.4 is 10.6 Å². The van der Waals surface area contributed by atoms with Crippen molar-refractivity contribution in [3.8, 4) is 21.1 Å². The molecule has 0 aliphatic carbocycles. The van der Waals surface area contributed by atoms with E-state index in [0.29, 0.717) is 13.0 Å². The highest BCUT2D eigenvalue weighted by molar-refractivity contribution is 7.13. The van der Waals surface area contributed by atoms with E-state index in [0.717, 1.165) is 32.5 Å². The third-order valence-corrected chi connectivity index (χ3v) is 6.08. The first-order valence-corrected chi connectivity index (χ1v) is 11.0. The average molecular weight is 421 g/mol. The molecule has 0 saturated heterocycles. The topological polar surface area (TPSA) is 66.9 Å². The molecule has 0 atom stereocenters. The van der Waals surface area contributed by atoms with Crippen LogP contribution >= 0.6 is 22.7 Å². The second-order valence-corrected chi connectivity index (χ2v) is 8.31. The maximum absolute atomic E-state index is 12.2. The molecule has 146 valence electrons. The van der Waals surface area contributed by atoms with Crippen molar-refractivity contribution in [1.82, 2.24) is 15.3 Å². The molecular formula is C22H20N4OS2. The highest BCUT2D eigenvalue weighted by Crippen LogP contribution is 2.25. The molecule has 2 aromatic carbocycles. The van der Waals surface area contributed by atoms with Crippen LogP contribution in [0.4, 0.5) is 10.5 Å². The number of carbonyl (C=O) groups excluding carboxylic acids is 1. The lowest BCUT2D eigenvalue weighted by atomic mass is 10.2. The molecular weight excluding hydrogens is 400 g/mol. The van der Waals surface area contributed by atoms with Gasteiger partial charge in [-0.3, -0.25) is 0 Å². The number of benzene rings is 2. The van der Waals surface area contributed by atoms with Crippen molar-refractivity contribution in [2.24, 2.45) is 0 Å². The van der Waals surface area contributed by atoms with Crippen molar-refractivity contribution in [1.29, 1.82) is 0 Å². The highest BCUT2D eigenvalue weighted by atomic mass is 32.1. The summed E-state index contributed by atoms with van der Waals surface area (Å²) in [6.07, 6.45) is 2.46. The zero-order valence-corrected chi connectivity index (χ0v) is 17.5. The zero-order valence-electron chi connectivity index (χ0n) is 15.9. The number of urea groups is 1. The summed E-state index contributed by atoms with van der Waals surface area (Å²) in [4.78, 5) is 21.2. The molecule has 4 aromatic rings. The fourth-order valence-corrected chi connectivity index (χ4v) is 4.32. The first-order valence-electron chi connectivity index (χ1n) is 9.23. The van der Waals surface area contributed by atoms with Gasteiger partial charge in [-0.1, -0.05) is 42.0 Å². The first-order chi connectivity index (χ1) is 14.2. The zero-order chi connectivity index (χ0) is 20.1. The molecule has 5 nitrogen and oxygen atoms in total. The summed E-state index contributed by atoms with van der Waals surface area (Å²) in [6.45, 7) is 2.60. The fourth-order valence-electron chi connectivity index (χ4n) is 2.83. The number of hydrogen-bond donors (Lipinski definition) is 2. The van der Waals surface area contributed by atoms with Crippen molar-refractivity contribution in [2.45, 2.75) is 13.3 Å². The molecule has 0 spiro atoms. The molecule has 0 radical (unpaired) electrons. The van der Waals surface area contributed by atoms with E-state index in [-0.39, 0.29) is 6.03 Å². The minimum Gasteiger partial charge on any atom is -0.337 e. The van der Waals surface area contributed by atoms with E-state index >= 15 is 0 Å². The van der Waals surface area contributed by atoms with E-state index in [1.807, 2.05) is 35.0 Å². The summed E-state index contributed by atoms with van der Waals surface area (Å²) in [5.74, 6) is 0. The number of carbonyl (C=O) groups is 1. The SMILES string of the molecule is Cc1ccc(-c2nc(CCNC(=O)Nc3cccc(-c4nccs4)c3)cs2)cc1. The lowest BCUT2D eigenvalue weighted by Gasteiger charge is -2.08. The number of nitrogens with zero attached hydrogens (tertiary/aromatic N) is 2. The molecule has 0 unspecified atom stereocenters. The Kier molecular flexibility index (Phi) is 5.97. The number of thiazole rings is 2. The summed E-state index contributed by atoms with van der Waals surface area (Å²) in [6, 6.07) is 15.8. The number of nitrogens with one attached hydrogen (secondary N) is 2. The molecule has 4 rings (SSSR count). The quantitative estimate of drug-likeness (QED) is 0.426. The molecule has 0 fully saturated rings. The van der Waals surface area contributed by atoms with Gasteiger partial charge in [-0.2, -0.15) is 0 Å². The van der Waals surface area contributed by atoms with E-state index in [4.69, 9.17) is 0 Å². The van der Waals surface area contributed by atoms with E-state index in [1.165, 1.54) is 5.56 Å². The second-order valence-electron chi connectivity index (χ2n) is 6.56. The van der Waals surface area contributed by atoms with Gasteiger partial charge < -0.3 is 10.6 Å². The Labute approximate surface area is 177 Å². The molecule has 0 saturated carbocycles. The van der Waals surface area contributed by atoms with Crippen LogP contribution in [0.3, 0.4) is 0 Å². The van der Waals surface area contributed by atoms with Crippen molar-refractivity contribution in [3.63, 3.8) is 0 Å². The Morgan fingerprint density at radius 2 is 1.90 bits per heavy atom. The van der Waals surface area contributed by atoms with Gasteiger partial charge in [0, 0.05) is 46.7 Å². The summed E-state index contributed by atoms with van der Waals surface area (Å²) < 4.78 is 0. The highest BCUT2D eigenvalue weighted by Gasteiger charge is 2.07. The van der Waals surface area contributed by atoms with E-state index in [1.54, 1.807) is 28.9 Å². The van der Waals surface area contributed by atoms with Crippen LogP contribution in [0.2, 0.25) is 0 Å².